The van der Waals surface area contributed by atoms with Crippen LogP contribution in [0.2, 0.25) is 0 Å². The molecule has 4 heteroatoms. The summed E-state index contributed by atoms with van der Waals surface area (Å²) in [6, 6.07) is 18.2. The molecule has 0 fully saturated rings. The molecule has 1 atom stereocenters. The summed E-state index contributed by atoms with van der Waals surface area (Å²) in [5.74, 6) is -1.36. The van der Waals surface area contributed by atoms with Gasteiger partial charge in [0.2, 0.25) is 0 Å². The molecule has 0 radical (unpaired) electrons. The van der Waals surface area contributed by atoms with E-state index in [1.807, 2.05) is 84.0 Å². The molecule has 2 aromatic rings. The molecule has 156 valence electrons. The number of hydrogen-bond acceptors (Lipinski definition) is 4. The van der Waals surface area contributed by atoms with E-state index in [1.54, 1.807) is 0 Å². The first-order chi connectivity index (χ1) is 13.4. The lowest BCUT2D eigenvalue weighted by Gasteiger charge is -2.25. The molecule has 0 aliphatic heterocycles. The molecule has 0 spiro atoms. The predicted molar refractivity (Wildman–Crippen MR) is 115 cm³/mol. The third-order valence-electron chi connectivity index (χ3n) is 4.12. The predicted octanol–water partition coefficient (Wildman–Crippen LogP) is 5.59. The number of hydrogen-bond donors (Lipinski definition) is 0. The Morgan fingerprint density at radius 3 is 1.79 bits per heavy atom. The highest BCUT2D eigenvalue weighted by atomic mass is 16.6. The van der Waals surface area contributed by atoms with Crippen molar-refractivity contribution in [2.75, 3.05) is 0 Å². The lowest BCUT2D eigenvalue weighted by molar-refractivity contribution is -0.167. The fourth-order valence-corrected chi connectivity index (χ4v) is 2.96. The smallest absolute Gasteiger partial charge is 0.310 e. The molecule has 2 rings (SSSR count). The Balaban J connectivity index is 2.15. The lowest BCUT2D eigenvalue weighted by atomic mass is 9.94. The first kappa shape index (κ1) is 22.7. The number of ether oxygens (including phenoxy) is 2. The van der Waals surface area contributed by atoms with Crippen LogP contribution in [-0.4, -0.2) is 23.1 Å². The van der Waals surface area contributed by atoms with Crippen LogP contribution in [0.25, 0.3) is 11.1 Å². The molecular formula is C25H32O4. The van der Waals surface area contributed by atoms with E-state index in [2.05, 4.69) is 12.1 Å². The van der Waals surface area contributed by atoms with Gasteiger partial charge in [0.05, 0.1) is 12.3 Å². The van der Waals surface area contributed by atoms with E-state index < -0.39 is 23.1 Å². The minimum absolute atomic E-state index is 0.00732. The Labute approximate surface area is 174 Å². The standard InChI is InChI=1S/C25H32O4/c1-24(2,3)28-22(26)17-21(23(27)29-25(4,5)6)16-18-12-14-20(15-13-18)19-10-8-7-9-11-19/h7-15,21H,16-17H2,1-6H3/t21-/m0/s1. The zero-order chi connectivity index (χ0) is 21.7. The van der Waals surface area contributed by atoms with E-state index in [-0.39, 0.29) is 12.4 Å². The first-order valence-corrected chi connectivity index (χ1v) is 10.0. The Hall–Kier alpha value is -2.62. The molecule has 4 nitrogen and oxygen atoms in total. The van der Waals surface area contributed by atoms with Gasteiger partial charge in [0.1, 0.15) is 11.2 Å². The van der Waals surface area contributed by atoms with Gasteiger partial charge in [0.25, 0.3) is 0 Å². The van der Waals surface area contributed by atoms with Crippen molar-refractivity contribution in [1.82, 2.24) is 0 Å². The highest BCUT2D eigenvalue weighted by Crippen LogP contribution is 2.23. The van der Waals surface area contributed by atoms with Crippen LogP contribution < -0.4 is 0 Å². The van der Waals surface area contributed by atoms with E-state index in [0.717, 1.165) is 16.7 Å². The molecule has 2 aromatic carbocycles. The quantitative estimate of drug-likeness (QED) is 0.598. The van der Waals surface area contributed by atoms with Gasteiger partial charge in [0.15, 0.2) is 0 Å². The Bertz CT molecular complexity index is 809. The van der Waals surface area contributed by atoms with Gasteiger partial charge >= 0.3 is 11.9 Å². The summed E-state index contributed by atoms with van der Waals surface area (Å²) in [6.45, 7) is 10.9. The number of carbonyl (C=O) groups is 2. The molecule has 0 saturated carbocycles. The summed E-state index contributed by atoms with van der Waals surface area (Å²) in [6.07, 6.45) is 0.413. The van der Waals surface area contributed by atoms with Crippen LogP contribution in [0.1, 0.15) is 53.5 Å². The highest BCUT2D eigenvalue weighted by molar-refractivity contribution is 5.80. The number of esters is 2. The Morgan fingerprint density at radius 2 is 1.28 bits per heavy atom. The summed E-state index contributed by atoms with van der Waals surface area (Å²) >= 11 is 0. The topological polar surface area (TPSA) is 52.6 Å². The van der Waals surface area contributed by atoms with Crippen LogP contribution in [0.15, 0.2) is 54.6 Å². The number of benzene rings is 2. The third kappa shape index (κ3) is 8.10. The van der Waals surface area contributed by atoms with Crippen molar-refractivity contribution in [2.24, 2.45) is 5.92 Å². The zero-order valence-electron chi connectivity index (χ0n) is 18.3. The average molecular weight is 397 g/mol. The zero-order valence-corrected chi connectivity index (χ0v) is 18.3. The SMILES string of the molecule is CC(C)(C)OC(=O)C[C@H](Cc1ccc(-c2ccccc2)cc1)C(=O)OC(C)(C)C. The molecule has 0 aliphatic carbocycles. The van der Waals surface area contributed by atoms with Crippen molar-refractivity contribution < 1.29 is 19.1 Å². The van der Waals surface area contributed by atoms with Crippen LogP contribution in [0.5, 0.6) is 0 Å². The number of rotatable bonds is 6. The Kier molecular flexibility index (Phi) is 7.23. The van der Waals surface area contributed by atoms with E-state index in [0.29, 0.717) is 6.42 Å². The first-order valence-electron chi connectivity index (χ1n) is 10.0. The van der Waals surface area contributed by atoms with Crippen molar-refractivity contribution in [3.8, 4) is 11.1 Å². The van der Waals surface area contributed by atoms with Crippen LogP contribution in [0, 0.1) is 5.92 Å². The summed E-state index contributed by atoms with van der Waals surface area (Å²) in [5.41, 5.74) is 2.02. The largest absolute Gasteiger partial charge is 0.460 e. The van der Waals surface area contributed by atoms with Gasteiger partial charge in [-0.1, -0.05) is 54.6 Å². The molecule has 0 saturated heterocycles. The Morgan fingerprint density at radius 1 is 0.759 bits per heavy atom. The second kappa shape index (κ2) is 9.25. The fourth-order valence-electron chi connectivity index (χ4n) is 2.96. The molecule has 0 unspecified atom stereocenters. The van der Waals surface area contributed by atoms with E-state index in [9.17, 15) is 9.59 Å². The highest BCUT2D eigenvalue weighted by Gasteiger charge is 2.29. The van der Waals surface area contributed by atoms with E-state index in [4.69, 9.17) is 9.47 Å². The number of carbonyl (C=O) groups excluding carboxylic acids is 2. The van der Waals surface area contributed by atoms with Crippen molar-refractivity contribution >= 4 is 11.9 Å². The average Bonchev–Trinajstić information content (AvgIpc) is 2.59. The maximum Gasteiger partial charge on any atom is 0.310 e. The van der Waals surface area contributed by atoms with Gasteiger partial charge in [-0.2, -0.15) is 0 Å². The minimum Gasteiger partial charge on any atom is -0.460 e. The fraction of sp³-hybridized carbons (Fsp3) is 0.440. The summed E-state index contributed by atoms with van der Waals surface area (Å²) in [7, 11) is 0. The van der Waals surface area contributed by atoms with Crippen LogP contribution in [-0.2, 0) is 25.5 Å². The summed E-state index contributed by atoms with van der Waals surface area (Å²) in [4.78, 5) is 25.1. The van der Waals surface area contributed by atoms with Crippen LogP contribution >= 0.6 is 0 Å². The van der Waals surface area contributed by atoms with Crippen molar-refractivity contribution in [3.63, 3.8) is 0 Å². The van der Waals surface area contributed by atoms with Crippen LogP contribution in [0.4, 0.5) is 0 Å². The maximum absolute atomic E-state index is 12.7. The van der Waals surface area contributed by atoms with Gasteiger partial charge in [-0.15, -0.1) is 0 Å². The molecule has 0 amide bonds. The lowest BCUT2D eigenvalue weighted by Crippen LogP contribution is -2.33. The van der Waals surface area contributed by atoms with Crippen molar-refractivity contribution in [2.45, 2.75) is 65.6 Å². The summed E-state index contributed by atoms with van der Waals surface area (Å²) < 4.78 is 11.0. The molecule has 0 aromatic heterocycles. The molecule has 0 heterocycles. The second-order valence-corrected chi connectivity index (χ2v) is 9.29. The minimum atomic E-state index is -0.611. The molecule has 29 heavy (non-hydrogen) atoms. The van der Waals surface area contributed by atoms with Crippen LogP contribution in [0.3, 0.4) is 0 Å². The summed E-state index contributed by atoms with van der Waals surface area (Å²) in [5, 5.41) is 0. The molecule has 0 N–H and O–H groups in total. The van der Waals surface area contributed by atoms with E-state index >= 15 is 0 Å². The van der Waals surface area contributed by atoms with Crippen molar-refractivity contribution in [1.29, 1.82) is 0 Å². The monoisotopic (exact) mass is 396 g/mol. The van der Waals surface area contributed by atoms with Gasteiger partial charge in [-0.05, 0) is 64.7 Å². The van der Waals surface area contributed by atoms with Gasteiger partial charge in [-0.25, -0.2) is 0 Å². The van der Waals surface area contributed by atoms with Gasteiger partial charge < -0.3 is 9.47 Å². The maximum atomic E-state index is 12.7. The molecule has 0 bridgehead atoms. The second-order valence-electron chi connectivity index (χ2n) is 9.29. The molecule has 0 aliphatic rings. The van der Waals surface area contributed by atoms with Gasteiger partial charge in [-0.3, -0.25) is 9.59 Å². The molecular weight excluding hydrogens is 364 g/mol. The van der Waals surface area contributed by atoms with Gasteiger partial charge in [0, 0.05) is 0 Å². The van der Waals surface area contributed by atoms with Crippen molar-refractivity contribution in [3.05, 3.63) is 60.2 Å². The van der Waals surface area contributed by atoms with E-state index in [1.165, 1.54) is 0 Å². The normalized spacial score (nSPS) is 12.9. The third-order valence-corrected chi connectivity index (χ3v) is 4.12.